The largest absolute Gasteiger partial charge is 0.394 e. The number of ether oxygens (including phenoxy) is 1. The Kier molecular flexibility index (Phi) is 5.02. The Morgan fingerprint density at radius 1 is 1.06 bits per heavy atom. The van der Waals surface area contributed by atoms with Gasteiger partial charge in [-0.3, -0.25) is 9.36 Å². The number of piperazine rings is 1. The third-order valence-corrected chi connectivity index (χ3v) is 5.70. The molecule has 5 heterocycles. The monoisotopic (exact) mass is 430 g/mol. The van der Waals surface area contributed by atoms with E-state index in [1.807, 2.05) is 0 Å². The van der Waals surface area contributed by atoms with Crippen LogP contribution in [0.2, 0.25) is 0 Å². The van der Waals surface area contributed by atoms with Gasteiger partial charge in [0.2, 0.25) is 0 Å². The number of hydrogen-bond acceptors (Lipinski definition) is 11. The van der Waals surface area contributed by atoms with E-state index >= 15 is 0 Å². The van der Waals surface area contributed by atoms with Gasteiger partial charge >= 0.3 is 0 Å². The molecular formula is C18H22N8O5. The minimum atomic E-state index is -1.22. The lowest BCUT2D eigenvalue weighted by atomic mass is 10.1. The van der Waals surface area contributed by atoms with E-state index in [0.717, 1.165) is 0 Å². The molecule has 0 unspecified atom stereocenters. The molecule has 3 aromatic heterocycles. The second kappa shape index (κ2) is 7.85. The lowest BCUT2D eigenvalue weighted by molar-refractivity contribution is -0.0511. The number of aromatic nitrogens is 6. The molecule has 0 aliphatic carbocycles. The Labute approximate surface area is 175 Å². The van der Waals surface area contributed by atoms with Gasteiger partial charge in [0.05, 0.1) is 12.9 Å². The molecule has 2 fully saturated rings. The van der Waals surface area contributed by atoms with Gasteiger partial charge in [0, 0.05) is 32.2 Å². The average molecular weight is 430 g/mol. The number of nitrogens with zero attached hydrogens (tertiary/aromatic N) is 7. The predicted octanol–water partition coefficient (Wildman–Crippen LogP) is -2.15. The SMILES string of the molecule is O=c1ccc(N2CCN(c3ncnc4c3ncn4[C@@H]3O[C@H](CO)[C@@H](O)[C@H]3O)CC2)n[nH]1. The van der Waals surface area contributed by atoms with Gasteiger partial charge in [0.15, 0.2) is 23.2 Å². The Morgan fingerprint density at radius 3 is 2.52 bits per heavy atom. The van der Waals surface area contributed by atoms with Crippen LogP contribution in [0.1, 0.15) is 6.23 Å². The second-order valence-electron chi connectivity index (χ2n) is 7.50. The zero-order chi connectivity index (χ0) is 21.5. The van der Waals surface area contributed by atoms with Gasteiger partial charge in [-0.05, 0) is 6.07 Å². The summed E-state index contributed by atoms with van der Waals surface area (Å²) >= 11 is 0. The molecule has 164 valence electrons. The van der Waals surface area contributed by atoms with Crippen molar-refractivity contribution in [3.8, 4) is 0 Å². The maximum atomic E-state index is 11.2. The van der Waals surface area contributed by atoms with Crippen LogP contribution < -0.4 is 15.4 Å². The fourth-order valence-electron chi connectivity index (χ4n) is 4.03. The third-order valence-electron chi connectivity index (χ3n) is 5.70. The van der Waals surface area contributed by atoms with E-state index in [0.29, 0.717) is 49.0 Å². The van der Waals surface area contributed by atoms with Crippen molar-refractivity contribution in [1.29, 1.82) is 0 Å². The lowest BCUT2D eigenvalue weighted by Crippen LogP contribution is -2.47. The Morgan fingerprint density at radius 2 is 1.84 bits per heavy atom. The normalized spacial score (nSPS) is 26.7. The maximum Gasteiger partial charge on any atom is 0.264 e. The molecule has 31 heavy (non-hydrogen) atoms. The van der Waals surface area contributed by atoms with Gasteiger partial charge in [0.1, 0.15) is 30.5 Å². The first-order chi connectivity index (χ1) is 15.1. The first-order valence-corrected chi connectivity index (χ1v) is 9.92. The van der Waals surface area contributed by atoms with Crippen molar-refractivity contribution in [2.75, 3.05) is 42.6 Å². The van der Waals surface area contributed by atoms with Crippen molar-refractivity contribution < 1.29 is 20.1 Å². The summed E-state index contributed by atoms with van der Waals surface area (Å²) in [4.78, 5) is 28.5. The number of aromatic amines is 1. The number of nitrogens with one attached hydrogen (secondary N) is 1. The van der Waals surface area contributed by atoms with Gasteiger partial charge in [-0.2, -0.15) is 5.10 Å². The molecule has 0 amide bonds. The van der Waals surface area contributed by atoms with Crippen LogP contribution in [-0.2, 0) is 4.74 Å². The molecule has 0 radical (unpaired) electrons. The number of anilines is 2. The summed E-state index contributed by atoms with van der Waals surface area (Å²) in [6.07, 6.45) is -1.31. The van der Waals surface area contributed by atoms with E-state index in [-0.39, 0.29) is 5.56 Å². The molecule has 13 heteroatoms. The summed E-state index contributed by atoms with van der Waals surface area (Å²) in [5.74, 6) is 1.37. The van der Waals surface area contributed by atoms with Crippen LogP contribution in [0.5, 0.6) is 0 Å². The van der Waals surface area contributed by atoms with Gasteiger partial charge in [-0.1, -0.05) is 0 Å². The average Bonchev–Trinajstić information content (AvgIpc) is 3.35. The highest BCUT2D eigenvalue weighted by molar-refractivity contribution is 5.83. The standard InChI is InChI=1S/C18H22N8O5/c27-7-10-14(29)15(30)18(31-10)26-9-21-13-16(19-8-20-17(13)26)25-5-3-24(4-6-25)11-1-2-12(28)23-22-11/h1-2,8-10,14-15,18,27,29-30H,3-7H2,(H,23,28)/t10-,14-,15-,18-/m1/s1. The van der Waals surface area contributed by atoms with Crippen LogP contribution in [0.15, 0.2) is 29.6 Å². The lowest BCUT2D eigenvalue weighted by Gasteiger charge is -2.35. The molecule has 4 atom stereocenters. The van der Waals surface area contributed by atoms with Crippen molar-refractivity contribution in [3.63, 3.8) is 0 Å². The Bertz CT molecular complexity index is 1110. The summed E-state index contributed by atoms with van der Waals surface area (Å²) in [5.41, 5.74) is 0.774. The van der Waals surface area contributed by atoms with Crippen LogP contribution in [0.25, 0.3) is 11.2 Å². The van der Waals surface area contributed by atoms with Gasteiger partial charge < -0.3 is 29.9 Å². The zero-order valence-corrected chi connectivity index (χ0v) is 16.4. The number of fused-ring (bicyclic) bond motifs is 1. The van der Waals surface area contributed by atoms with E-state index in [9.17, 15) is 20.1 Å². The van der Waals surface area contributed by atoms with Crippen molar-refractivity contribution in [2.45, 2.75) is 24.5 Å². The highest BCUT2D eigenvalue weighted by Gasteiger charge is 2.44. The van der Waals surface area contributed by atoms with Crippen LogP contribution in [0, 0.1) is 0 Å². The quantitative estimate of drug-likeness (QED) is 0.356. The van der Waals surface area contributed by atoms with E-state index in [4.69, 9.17) is 4.74 Å². The molecule has 2 aliphatic heterocycles. The molecule has 5 rings (SSSR count). The Hall–Kier alpha value is -3.13. The molecular weight excluding hydrogens is 408 g/mol. The van der Waals surface area contributed by atoms with E-state index in [1.54, 1.807) is 10.6 Å². The molecule has 0 aromatic carbocycles. The second-order valence-corrected chi connectivity index (χ2v) is 7.50. The summed E-state index contributed by atoms with van der Waals surface area (Å²) < 4.78 is 7.15. The number of imidazole rings is 1. The van der Waals surface area contributed by atoms with E-state index in [1.165, 1.54) is 18.7 Å². The number of aliphatic hydroxyl groups is 3. The van der Waals surface area contributed by atoms with Gasteiger partial charge in [0.25, 0.3) is 5.56 Å². The number of aliphatic hydroxyl groups excluding tert-OH is 3. The first-order valence-electron chi connectivity index (χ1n) is 9.92. The summed E-state index contributed by atoms with van der Waals surface area (Å²) in [7, 11) is 0. The van der Waals surface area contributed by atoms with Crippen LogP contribution >= 0.6 is 0 Å². The molecule has 4 N–H and O–H groups in total. The molecule has 13 nitrogen and oxygen atoms in total. The summed E-state index contributed by atoms with van der Waals surface area (Å²) in [5, 5.41) is 36.3. The van der Waals surface area contributed by atoms with Crippen LogP contribution in [0.3, 0.4) is 0 Å². The number of rotatable bonds is 4. The fourth-order valence-corrected chi connectivity index (χ4v) is 4.03. The van der Waals surface area contributed by atoms with Crippen molar-refractivity contribution in [1.82, 2.24) is 29.7 Å². The topological polar surface area (TPSA) is 166 Å². The molecule has 0 spiro atoms. The smallest absolute Gasteiger partial charge is 0.264 e. The van der Waals surface area contributed by atoms with Crippen molar-refractivity contribution >= 4 is 22.8 Å². The summed E-state index contributed by atoms with van der Waals surface area (Å²) in [6.45, 7) is 2.28. The summed E-state index contributed by atoms with van der Waals surface area (Å²) in [6, 6.07) is 3.15. The molecule has 2 saturated heterocycles. The molecule has 2 aliphatic rings. The number of hydrogen-bond donors (Lipinski definition) is 4. The van der Waals surface area contributed by atoms with E-state index < -0.39 is 31.1 Å². The zero-order valence-electron chi connectivity index (χ0n) is 16.4. The van der Waals surface area contributed by atoms with Crippen LogP contribution in [-0.4, -0.2) is 96.1 Å². The van der Waals surface area contributed by atoms with Crippen molar-refractivity contribution in [3.05, 3.63) is 35.1 Å². The molecule has 0 saturated carbocycles. The minimum Gasteiger partial charge on any atom is -0.394 e. The van der Waals surface area contributed by atoms with Crippen molar-refractivity contribution in [2.24, 2.45) is 0 Å². The predicted molar refractivity (Wildman–Crippen MR) is 108 cm³/mol. The first kappa shape index (κ1) is 19.8. The Balaban J connectivity index is 1.37. The van der Waals surface area contributed by atoms with E-state index in [2.05, 4.69) is 34.9 Å². The maximum absolute atomic E-state index is 11.2. The van der Waals surface area contributed by atoms with Gasteiger partial charge in [-0.15, -0.1) is 0 Å². The highest BCUT2D eigenvalue weighted by atomic mass is 16.6. The fraction of sp³-hybridized carbons (Fsp3) is 0.500. The highest BCUT2D eigenvalue weighted by Crippen LogP contribution is 2.32. The minimum absolute atomic E-state index is 0.240. The number of H-pyrrole nitrogens is 1. The third kappa shape index (κ3) is 3.40. The van der Waals surface area contributed by atoms with Crippen LogP contribution in [0.4, 0.5) is 11.6 Å². The molecule has 0 bridgehead atoms. The van der Waals surface area contributed by atoms with Gasteiger partial charge in [-0.25, -0.2) is 20.1 Å². The molecule has 3 aromatic rings.